The van der Waals surface area contributed by atoms with Gasteiger partial charge in [-0.05, 0) is 47.4 Å². The molecular formula is C27H28N8O. The number of pyridine rings is 2. The van der Waals surface area contributed by atoms with Crippen molar-refractivity contribution in [3.05, 3.63) is 84.4 Å². The summed E-state index contributed by atoms with van der Waals surface area (Å²) in [6, 6.07) is 20.2. The molecule has 0 aliphatic carbocycles. The van der Waals surface area contributed by atoms with Crippen LogP contribution in [0.25, 0.3) is 16.8 Å². The first-order valence-electron chi connectivity index (χ1n) is 11.8. The number of benzene rings is 1. The van der Waals surface area contributed by atoms with Crippen LogP contribution in [-0.4, -0.2) is 49.7 Å². The minimum absolute atomic E-state index is 0.0833. The molecule has 1 N–H and O–H groups in total. The van der Waals surface area contributed by atoms with Crippen LogP contribution in [0.1, 0.15) is 23.7 Å². The highest BCUT2D eigenvalue weighted by molar-refractivity contribution is 5.74. The second-order valence-corrected chi connectivity index (χ2v) is 8.93. The molecule has 0 aliphatic rings. The molecule has 0 saturated carbocycles. The van der Waals surface area contributed by atoms with Gasteiger partial charge in [0.1, 0.15) is 29.6 Å². The average molecular weight is 481 g/mol. The number of aldehydes is 1. The first-order chi connectivity index (χ1) is 17.5. The van der Waals surface area contributed by atoms with E-state index < -0.39 is 0 Å². The Morgan fingerprint density at radius 1 is 1.00 bits per heavy atom. The molecule has 0 spiro atoms. The third-order valence-electron chi connectivity index (χ3n) is 6.21. The SMILES string of the molecule is CN(C)c1cc(-c2ccnc(Nc3ccnn3C)c2)cc2nnc(C(CC=O)Cc3ccccc3)n12. The highest BCUT2D eigenvalue weighted by Crippen LogP contribution is 2.31. The van der Waals surface area contributed by atoms with Gasteiger partial charge in [0.05, 0.1) is 6.20 Å². The number of hydrogen-bond acceptors (Lipinski definition) is 7. The zero-order chi connectivity index (χ0) is 25.1. The van der Waals surface area contributed by atoms with Crippen molar-refractivity contribution < 1.29 is 4.79 Å². The van der Waals surface area contributed by atoms with E-state index in [0.717, 1.165) is 51.9 Å². The van der Waals surface area contributed by atoms with Gasteiger partial charge in [-0.15, -0.1) is 10.2 Å². The summed E-state index contributed by atoms with van der Waals surface area (Å²) < 4.78 is 3.81. The number of nitrogens with one attached hydrogen (secondary N) is 1. The van der Waals surface area contributed by atoms with E-state index >= 15 is 0 Å². The van der Waals surface area contributed by atoms with Gasteiger partial charge in [0.15, 0.2) is 5.65 Å². The predicted molar refractivity (Wildman–Crippen MR) is 141 cm³/mol. The highest BCUT2D eigenvalue weighted by Gasteiger charge is 2.22. The number of carbonyl (C=O) groups excluding carboxylic acids is 1. The maximum Gasteiger partial charge on any atom is 0.163 e. The van der Waals surface area contributed by atoms with Crippen molar-refractivity contribution in [2.24, 2.45) is 7.05 Å². The molecule has 182 valence electrons. The smallest absolute Gasteiger partial charge is 0.163 e. The van der Waals surface area contributed by atoms with E-state index in [-0.39, 0.29) is 5.92 Å². The lowest BCUT2D eigenvalue weighted by Gasteiger charge is -2.20. The molecule has 0 bridgehead atoms. The fourth-order valence-electron chi connectivity index (χ4n) is 4.38. The van der Waals surface area contributed by atoms with Gasteiger partial charge in [-0.25, -0.2) is 4.98 Å². The van der Waals surface area contributed by atoms with Crippen LogP contribution in [0.5, 0.6) is 0 Å². The maximum absolute atomic E-state index is 11.6. The van der Waals surface area contributed by atoms with Crippen LogP contribution in [0.2, 0.25) is 0 Å². The van der Waals surface area contributed by atoms with E-state index in [0.29, 0.717) is 12.8 Å². The number of hydrogen-bond donors (Lipinski definition) is 1. The van der Waals surface area contributed by atoms with E-state index in [1.165, 1.54) is 0 Å². The summed E-state index contributed by atoms with van der Waals surface area (Å²) in [6.07, 6.45) is 5.57. The van der Waals surface area contributed by atoms with Crippen molar-refractivity contribution in [3.8, 4) is 11.1 Å². The van der Waals surface area contributed by atoms with E-state index in [4.69, 9.17) is 0 Å². The largest absolute Gasteiger partial charge is 0.364 e. The molecule has 0 aliphatic heterocycles. The Hall–Kier alpha value is -4.53. The van der Waals surface area contributed by atoms with Crippen LogP contribution in [0, 0.1) is 0 Å². The van der Waals surface area contributed by atoms with Crippen LogP contribution in [0.3, 0.4) is 0 Å². The lowest BCUT2D eigenvalue weighted by molar-refractivity contribution is -0.108. The standard InChI is InChI=1S/C27H28N8O/c1-33(2)26-18-22(20-9-12-28-23(16-20)30-24-10-13-29-34(24)3)17-25-31-32-27(35(25)26)21(11-14-36)15-19-7-5-4-6-8-19/h4-10,12-14,16-18,21H,11,15H2,1-3H3,(H,28,30). The van der Waals surface area contributed by atoms with E-state index in [9.17, 15) is 4.79 Å². The zero-order valence-electron chi connectivity index (χ0n) is 20.5. The summed E-state index contributed by atoms with van der Waals surface area (Å²) in [5.41, 5.74) is 3.89. The quantitative estimate of drug-likeness (QED) is 0.315. The minimum atomic E-state index is -0.0833. The van der Waals surface area contributed by atoms with Gasteiger partial charge in [-0.3, -0.25) is 9.08 Å². The Labute approximate surface area is 209 Å². The first-order valence-corrected chi connectivity index (χ1v) is 11.8. The van der Waals surface area contributed by atoms with E-state index in [1.54, 1.807) is 17.1 Å². The second kappa shape index (κ2) is 9.99. The molecule has 1 atom stereocenters. The van der Waals surface area contributed by atoms with Gasteiger partial charge in [-0.1, -0.05) is 30.3 Å². The molecule has 0 radical (unpaired) electrons. The lowest BCUT2D eigenvalue weighted by Crippen LogP contribution is -2.16. The molecule has 9 nitrogen and oxygen atoms in total. The fraction of sp³-hybridized carbons (Fsp3) is 0.222. The summed E-state index contributed by atoms with van der Waals surface area (Å²) in [7, 11) is 5.87. The Morgan fingerprint density at radius 2 is 1.83 bits per heavy atom. The van der Waals surface area contributed by atoms with Crippen LogP contribution in [0.4, 0.5) is 17.5 Å². The Kier molecular flexibility index (Phi) is 6.44. The lowest BCUT2D eigenvalue weighted by atomic mass is 9.96. The van der Waals surface area contributed by atoms with Crippen molar-refractivity contribution in [2.75, 3.05) is 24.3 Å². The van der Waals surface area contributed by atoms with E-state index in [2.05, 4.69) is 48.2 Å². The molecular weight excluding hydrogens is 452 g/mol. The normalized spacial score (nSPS) is 12.0. The molecule has 1 unspecified atom stereocenters. The molecule has 4 aromatic heterocycles. The average Bonchev–Trinajstić information content (AvgIpc) is 3.50. The van der Waals surface area contributed by atoms with Crippen LogP contribution in [0.15, 0.2) is 73.1 Å². The number of anilines is 3. The monoisotopic (exact) mass is 480 g/mol. The number of aromatic nitrogens is 6. The van der Waals surface area contributed by atoms with Gasteiger partial charge in [0, 0.05) is 45.7 Å². The van der Waals surface area contributed by atoms with Crippen LogP contribution in [-0.2, 0) is 18.3 Å². The molecule has 1 aromatic carbocycles. The molecule has 36 heavy (non-hydrogen) atoms. The fourth-order valence-corrected chi connectivity index (χ4v) is 4.38. The van der Waals surface area contributed by atoms with Crippen LogP contribution >= 0.6 is 0 Å². The van der Waals surface area contributed by atoms with Gasteiger partial charge in [-0.2, -0.15) is 5.10 Å². The Bertz CT molecular complexity index is 1490. The number of aryl methyl sites for hydroxylation is 1. The number of carbonyl (C=O) groups is 1. The van der Waals surface area contributed by atoms with Crippen molar-refractivity contribution in [1.29, 1.82) is 0 Å². The van der Waals surface area contributed by atoms with Crippen LogP contribution < -0.4 is 10.2 Å². The number of nitrogens with zero attached hydrogens (tertiary/aromatic N) is 7. The third kappa shape index (κ3) is 4.68. The van der Waals surface area contributed by atoms with Crippen molar-refractivity contribution in [1.82, 2.24) is 29.4 Å². The Balaban J connectivity index is 1.55. The van der Waals surface area contributed by atoms with Crippen molar-refractivity contribution >= 4 is 29.4 Å². The molecule has 5 aromatic rings. The van der Waals surface area contributed by atoms with Gasteiger partial charge in [0.25, 0.3) is 0 Å². The van der Waals surface area contributed by atoms with Gasteiger partial charge in [0.2, 0.25) is 0 Å². The molecule has 5 rings (SSSR count). The minimum Gasteiger partial charge on any atom is -0.364 e. The van der Waals surface area contributed by atoms with E-state index in [1.807, 2.05) is 68.5 Å². The summed E-state index contributed by atoms with van der Waals surface area (Å²) in [6.45, 7) is 0. The summed E-state index contributed by atoms with van der Waals surface area (Å²) in [4.78, 5) is 18.1. The maximum atomic E-state index is 11.6. The second-order valence-electron chi connectivity index (χ2n) is 8.93. The molecule has 0 fully saturated rings. The summed E-state index contributed by atoms with van der Waals surface area (Å²) >= 11 is 0. The molecule has 0 amide bonds. The van der Waals surface area contributed by atoms with Crippen molar-refractivity contribution in [2.45, 2.75) is 18.8 Å². The first kappa shape index (κ1) is 23.2. The predicted octanol–water partition coefficient (Wildman–Crippen LogP) is 4.25. The molecule has 4 heterocycles. The molecule has 9 heteroatoms. The number of rotatable bonds is 9. The van der Waals surface area contributed by atoms with Crippen molar-refractivity contribution in [3.63, 3.8) is 0 Å². The van der Waals surface area contributed by atoms with Gasteiger partial charge >= 0.3 is 0 Å². The Morgan fingerprint density at radius 3 is 2.56 bits per heavy atom. The zero-order valence-corrected chi connectivity index (χ0v) is 20.5. The molecule has 0 saturated heterocycles. The summed E-state index contributed by atoms with van der Waals surface area (Å²) in [5.74, 6) is 3.21. The number of fused-ring (bicyclic) bond motifs is 1. The topological polar surface area (TPSA) is 93.2 Å². The summed E-state index contributed by atoms with van der Waals surface area (Å²) in [5, 5.41) is 16.6. The van der Waals surface area contributed by atoms with Gasteiger partial charge < -0.3 is 15.0 Å². The highest BCUT2D eigenvalue weighted by atomic mass is 16.1. The third-order valence-corrected chi connectivity index (χ3v) is 6.21.